The van der Waals surface area contributed by atoms with Crippen LogP contribution in [0.1, 0.15) is 177 Å². The molecule has 0 amide bonds. The van der Waals surface area contributed by atoms with Crippen molar-refractivity contribution in [2.75, 3.05) is 39.6 Å². The Morgan fingerprint density at radius 3 is 0.989 bits per heavy atom. The molecular formula is C71H84O18. The first-order valence-electron chi connectivity index (χ1n) is 30.7. The van der Waals surface area contributed by atoms with E-state index in [4.69, 9.17) is 52.1 Å². The molecule has 5 aromatic rings. The Balaban J connectivity index is 1.12. The van der Waals surface area contributed by atoms with Crippen molar-refractivity contribution in [3.63, 3.8) is 0 Å². The van der Waals surface area contributed by atoms with E-state index in [1.807, 2.05) is 0 Å². The van der Waals surface area contributed by atoms with Gasteiger partial charge in [0, 0.05) is 25.2 Å². The minimum atomic E-state index is -1.20. The summed E-state index contributed by atoms with van der Waals surface area (Å²) in [6.45, 7) is 14.4. The van der Waals surface area contributed by atoms with Gasteiger partial charge in [-0.2, -0.15) is 0 Å². The first-order valence-corrected chi connectivity index (χ1v) is 30.7. The van der Waals surface area contributed by atoms with E-state index >= 15 is 0 Å². The molecule has 476 valence electrons. The fourth-order valence-electron chi connectivity index (χ4n) is 8.74. The van der Waals surface area contributed by atoms with Gasteiger partial charge in [0.15, 0.2) is 0 Å². The third kappa shape index (κ3) is 28.9. The summed E-state index contributed by atoms with van der Waals surface area (Å²) >= 11 is 0. The van der Waals surface area contributed by atoms with E-state index in [2.05, 4.69) is 19.7 Å². The predicted molar refractivity (Wildman–Crippen MR) is 335 cm³/mol. The maximum atomic E-state index is 14.0. The maximum absolute atomic E-state index is 14.0. The van der Waals surface area contributed by atoms with E-state index in [0.29, 0.717) is 62.5 Å². The zero-order valence-corrected chi connectivity index (χ0v) is 51.1. The minimum Gasteiger partial charge on any atom is -0.494 e. The Labute approximate surface area is 522 Å². The van der Waals surface area contributed by atoms with Crippen LogP contribution >= 0.6 is 0 Å². The van der Waals surface area contributed by atoms with E-state index in [0.717, 1.165) is 134 Å². The van der Waals surface area contributed by atoms with Crippen molar-refractivity contribution < 1.29 is 85.7 Å². The first-order chi connectivity index (χ1) is 43.3. The van der Waals surface area contributed by atoms with Crippen LogP contribution in [-0.2, 0) is 33.3 Å². The van der Waals surface area contributed by atoms with Gasteiger partial charge in [-0.15, -0.1) is 0 Å². The van der Waals surface area contributed by atoms with E-state index in [1.165, 1.54) is 61.5 Å². The number of hydrogen-bond acceptors (Lipinski definition) is 18. The molecule has 0 aromatic heterocycles. The Hall–Kier alpha value is -9.19. The highest BCUT2D eigenvalue weighted by Gasteiger charge is 2.23. The average molecular weight is 1230 g/mol. The molecule has 1 atom stereocenters. The van der Waals surface area contributed by atoms with E-state index in [-0.39, 0.29) is 39.7 Å². The molecular weight excluding hydrogens is 1140 g/mol. The number of carbonyl (C=O) groups excluding carboxylic acids is 7. The van der Waals surface area contributed by atoms with Crippen LogP contribution in [0.2, 0.25) is 0 Å². The summed E-state index contributed by atoms with van der Waals surface area (Å²) in [5.41, 5.74) is 0.469. The standard InChI is InChI=1S/C71H84O18/c1-5-65(72)82-49-25-18-14-10-8-12-16-22-46-79-58-36-30-55(31-37-58)69(76)88-62-44-45-64(89-70(77)56-32-38-59(39-33-56)80-47-23-17-13-9-11-15-19-26-50-83-66(73)6-2)63(52-62)71(78)86-53(4)85-60-40-42-61(43-41-60)87-68(75)54-28-34-57(35-29-54)81-48-24-20-21-27-51-84-67(74)7-3/h5-7,28-45,52-53H,1-3,8-27,46-51H2,4H3. The third-order valence-electron chi connectivity index (χ3n) is 13.6. The topological polar surface area (TPSA) is 221 Å². The largest absolute Gasteiger partial charge is 0.494 e. The Bertz CT molecular complexity index is 2990. The molecule has 18 heteroatoms. The Kier molecular flexibility index (Phi) is 33.2. The number of rotatable bonds is 45. The summed E-state index contributed by atoms with van der Waals surface area (Å²) in [6, 6.07) is 29.6. The zero-order chi connectivity index (χ0) is 63.7. The first kappa shape index (κ1) is 70.6. The van der Waals surface area contributed by atoms with Crippen LogP contribution in [0.4, 0.5) is 0 Å². The Morgan fingerprint density at radius 1 is 0.337 bits per heavy atom. The lowest BCUT2D eigenvalue weighted by Gasteiger charge is -2.17. The molecule has 0 saturated heterocycles. The van der Waals surface area contributed by atoms with Crippen LogP contribution in [0, 0.1) is 0 Å². The van der Waals surface area contributed by atoms with Gasteiger partial charge in [-0.1, -0.05) is 96.8 Å². The van der Waals surface area contributed by atoms with Gasteiger partial charge in [0.2, 0.25) is 6.29 Å². The summed E-state index contributed by atoms with van der Waals surface area (Å²) in [6.07, 6.45) is 21.9. The van der Waals surface area contributed by atoms with Crippen LogP contribution < -0.4 is 33.2 Å². The molecule has 89 heavy (non-hydrogen) atoms. The highest BCUT2D eigenvalue weighted by molar-refractivity contribution is 5.97. The van der Waals surface area contributed by atoms with Gasteiger partial charge in [0.1, 0.15) is 45.8 Å². The summed E-state index contributed by atoms with van der Waals surface area (Å²) in [7, 11) is 0. The maximum Gasteiger partial charge on any atom is 0.345 e. The number of hydrogen-bond donors (Lipinski definition) is 0. The van der Waals surface area contributed by atoms with Gasteiger partial charge < -0.3 is 52.1 Å². The zero-order valence-electron chi connectivity index (χ0n) is 51.1. The average Bonchev–Trinajstić information content (AvgIpc) is 2.80. The van der Waals surface area contributed by atoms with Crippen LogP contribution in [0.5, 0.6) is 40.2 Å². The summed E-state index contributed by atoms with van der Waals surface area (Å²) in [5.74, 6) is -2.20. The summed E-state index contributed by atoms with van der Waals surface area (Å²) in [4.78, 5) is 87.4. The molecule has 5 aromatic carbocycles. The normalized spacial score (nSPS) is 11.0. The molecule has 0 fully saturated rings. The van der Waals surface area contributed by atoms with Gasteiger partial charge in [-0.3, -0.25) is 0 Å². The van der Waals surface area contributed by atoms with Crippen molar-refractivity contribution in [3.05, 3.63) is 175 Å². The molecule has 5 rings (SSSR count). The van der Waals surface area contributed by atoms with Gasteiger partial charge in [-0.25, -0.2) is 33.6 Å². The quantitative estimate of drug-likeness (QED) is 0.00883. The van der Waals surface area contributed by atoms with E-state index in [1.54, 1.807) is 72.8 Å². The van der Waals surface area contributed by atoms with Crippen LogP contribution in [0.15, 0.2) is 153 Å². The molecule has 0 aliphatic rings. The van der Waals surface area contributed by atoms with Crippen molar-refractivity contribution in [2.24, 2.45) is 0 Å². The number of benzene rings is 5. The third-order valence-corrected chi connectivity index (χ3v) is 13.6. The predicted octanol–water partition coefficient (Wildman–Crippen LogP) is 15.1. The fraction of sp³-hybridized carbons (Fsp3) is 0.394. The molecule has 0 spiro atoms. The summed E-state index contributed by atoms with van der Waals surface area (Å²) < 4.78 is 61.3. The van der Waals surface area contributed by atoms with E-state index < -0.39 is 48.1 Å². The van der Waals surface area contributed by atoms with Crippen molar-refractivity contribution in [1.82, 2.24) is 0 Å². The highest BCUT2D eigenvalue weighted by atomic mass is 16.7. The van der Waals surface area contributed by atoms with Gasteiger partial charge in [-0.05, 0) is 167 Å². The van der Waals surface area contributed by atoms with Crippen molar-refractivity contribution in [1.29, 1.82) is 0 Å². The lowest BCUT2D eigenvalue weighted by Crippen LogP contribution is -2.22. The second-order valence-corrected chi connectivity index (χ2v) is 20.7. The highest BCUT2D eigenvalue weighted by Crippen LogP contribution is 2.29. The van der Waals surface area contributed by atoms with Crippen molar-refractivity contribution >= 4 is 41.8 Å². The molecule has 0 bridgehead atoms. The molecule has 0 heterocycles. The smallest absolute Gasteiger partial charge is 0.345 e. The minimum absolute atomic E-state index is 0.0355. The second-order valence-electron chi connectivity index (χ2n) is 20.7. The van der Waals surface area contributed by atoms with Gasteiger partial charge in [0.25, 0.3) is 0 Å². The van der Waals surface area contributed by atoms with Gasteiger partial charge in [0.05, 0.1) is 56.3 Å². The lowest BCUT2D eigenvalue weighted by molar-refractivity contribution is -0.138. The van der Waals surface area contributed by atoms with Crippen LogP contribution in [0.25, 0.3) is 0 Å². The molecule has 0 radical (unpaired) electrons. The lowest BCUT2D eigenvalue weighted by atomic mass is 10.1. The second kappa shape index (κ2) is 41.8. The SMILES string of the molecule is C=CC(=O)OCCCCCCCCCCOc1ccc(C(=O)Oc2ccc(OC(=O)c3ccc(OCCCCCCCCCCOC(=O)C=C)cc3)c(C(=O)OC(C)Oc3ccc(OC(=O)c4ccc(OCCCCCCOC(=O)C=C)cc4)cc3)c2)cc1. The molecule has 0 aliphatic carbocycles. The summed E-state index contributed by atoms with van der Waals surface area (Å²) in [5, 5.41) is 0. The molecule has 1 unspecified atom stereocenters. The van der Waals surface area contributed by atoms with Crippen LogP contribution in [0.3, 0.4) is 0 Å². The number of unbranched alkanes of at least 4 members (excludes halogenated alkanes) is 17. The molecule has 18 nitrogen and oxygen atoms in total. The number of esters is 7. The molecule has 0 N–H and O–H groups in total. The monoisotopic (exact) mass is 1220 g/mol. The van der Waals surface area contributed by atoms with Crippen LogP contribution in [-0.4, -0.2) is 87.7 Å². The van der Waals surface area contributed by atoms with Crippen molar-refractivity contribution in [2.45, 2.75) is 142 Å². The number of carbonyl (C=O) groups is 7. The number of ether oxygens (including phenoxy) is 11. The van der Waals surface area contributed by atoms with Crippen molar-refractivity contribution in [3.8, 4) is 40.2 Å². The Morgan fingerprint density at radius 2 is 0.629 bits per heavy atom. The molecule has 0 aliphatic heterocycles. The van der Waals surface area contributed by atoms with Gasteiger partial charge >= 0.3 is 41.8 Å². The van der Waals surface area contributed by atoms with E-state index in [9.17, 15) is 33.6 Å². The fourth-order valence-corrected chi connectivity index (χ4v) is 8.74. The molecule has 0 saturated carbocycles.